The van der Waals surface area contributed by atoms with E-state index in [0.717, 1.165) is 16.4 Å². The molecule has 3 rings (SSSR count). The Labute approximate surface area is 102 Å². The maximum absolute atomic E-state index is 6.26. The van der Waals surface area contributed by atoms with E-state index in [-0.39, 0.29) is 0 Å². The topological polar surface area (TPSA) is 87.6 Å². The first kappa shape index (κ1) is 11.0. The molecular formula is C9H13N5O2S. The van der Waals surface area contributed by atoms with Crippen molar-refractivity contribution >= 4 is 16.3 Å². The Morgan fingerprint density at radius 1 is 1.59 bits per heavy atom. The summed E-state index contributed by atoms with van der Waals surface area (Å²) in [5.41, 5.74) is 5.78. The Kier molecular flexibility index (Phi) is 2.58. The minimum atomic E-state index is -0.476. The van der Waals surface area contributed by atoms with Crippen molar-refractivity contribution in [3.63, 3.8) is 0 Å². The van der Waals surface area contributed by atoms with E-state index in [1.165, 1.54) is 11.3 Å². The highest BCUT2D eigenvalue weighted by atomic mass is 32.1. The lowest BCUT2D eigenvalue weighted by atomic mass is 10.0. The van der Waals surface area contributed by atoms with E-state index in [9.17, 15) is 0 Å². The largest absolute Gasteiger partial charge is 0.379 e. The van der Waals surface area contributed by atoms with Crippen molar-refractivity contribution in [2.24, 2.45) is 5.73 Å². The van der Waals surface area contributed by atoms with Crippen molar-refractivity contribution in [2.75, 3.05) is 20.3 Å². The Morgan fingerprint density at radius 2 is 2.47 bits per heavy atom. The van der Waals surface area contributed by atoms with Gasteiger partial charge in [0.05, 0.1) is 12.1 Å². The van der Waals surface area contributed by atoms with Crippen LogP contribution in [0.1, 0.15) is 17.3 Å². The van der Waals surface area contributed by atoms with Gasteiger partial charge in [-0.05, 0) is 6.42 Å². The van der Waals surface area contributed by atoms with Gasteiger partial charge in [-0.25, -0.2) is 0 Å². The molecule has 17 heavy (non-hydrogen) atoms. The number of hydrogen-bond donors (Lipinski definition) is 1. The lowest BCUT2D eigenvalue weighted by Crippen LogP contribution is -2.37. The summed E-state index contributed by atoms with van der Waals surface area (Å²) in [6.45, 7) is 1.58. The molecule has 1 saturated heterocycles. The van der Waals surface area contributed by atoms with Crippen molar-refractivity contribution < 1.29 is 9.47 Å². The van der Waals surface area contributed by atoms with Gasteiger partial charge >= 0.3 is 0 Å². The summed E-state index contributed by atoms with van der Waals surface area (Å²) in [5, 5.41) is 13.4. The second kappa shape index (κ2) is 3.98. The van der Waals surface area contributed by atoms with Crippen molar-refractivity contribution in [3.8, 4) is 0 Å². The number of ether oxygens (including phenoxy) is 2. The molecule has 0 saturated carbocycles. The van der Waals surface area contributed by atoms with Crippen LogP contribution in [0.25, 0.3) is 4.96 Å². The van der Waals surface area contributed by atoms with Crippen molar-refractivity contribution in [1.82, 2.24) is 19.8 Å². The summed E-state index contributed by atoms with van der Waals surface area (Å²) >= 11 is 1.46. The lowest BCUT2D eigenvalue weighted by Gasteiger charge is -2.16. The van der Waals surface area contributed by atoms with E-state index < -0.39 is 5.54 Å². The van der Waals surface area contributed by atoms with Gasteiger partial charge in [-0.3, -0.25) is 0 Å². The lowest BCUT2D eigenvalue weighted by molar-refractivity contribution is 0.174. The molecule has 0 aromatic carbocycles. The van der Waals surface area contributed by atoms with Crippen LogP contribution in [0.5, 0.6) is 0 Å². The average molecular weight is 255 g/mol. The van der Waals surface area contributed by atoms with Gasteiger partial charge in [0.1, 0.15) is 11.6 Å². The van der Waals surface area contributed by atoms with Crippen LogP contribution in [-0.2, 0) is 21.6 Å². The molecular weight excluding hydrogens is 242 g/mol. The highest BCUT2D eigenvalue weighted by molar-refractivity contribution is 7.16. The van der Waals surface area contributed by atoms with E-state index in [1.807, 2.05) is 0 Å². The predicted octanol–water partition coefficient (Wildman–Crippen LogP) is -0.0935. The summed E-state index contributed by atoms with van der Waals surface area (Å²) < 4.78 is 12.1. The summed E-state index contributed by atoms with van der Waals surface area (Å²) in [4.78, 5) is 0.740. The van der Waals surface area contributed by atoms with Crippen LogP contribution in [0.3, 0.4) is 0 Å². The monoisotopic (exact) mass is 255 g/mol. The van der Waals surface area contributed by atoms with E-state index in [0.29, 0.717) is 25.6 Å². The molecule has 7 nitrogen and oxygen atoms in total. The van der Waals surface area contributed by atoms with Gasteiger partial charge in [0.15, 0.2) is 5.82 Å². The molecule has 1 fully saturated rings. The second-order valence-electron chi connectivity index (χ2n) is 4.11. The standard InChI is InChI=1S/C9H13N5O2S/c1-15-4-6-11-12-8-14(6)13-7(17-8)9(10)2-3-16-5-9/h2-5,10H2,1H3. The maximum atomic E-state index is 6.26. The summed E-state index contributed by atoms with van der Waals surface area (Å²) in [6.07, 6.45) is 0.788. The molecule has 1 aliphatic rings. The minimum Gasteiger partial charge on any atom is -0.379 e. The Hall–Kier alpha value is -1.09. The molecule has 0 aliphatic carbocycles. The molecule has 0 radical (unpaired) electrons. The number of fused-ring (bicyclic) bond motifs is 1. The normalized spacial score (nSPS) is 24.8. The molecule has 3 heterocycles. The SMILES string of the molecule is COCc1nnc2sc(C3(N)CCOC3)nn12. The van der Waals surface area contributed by atoms with Gasteiger partial charge in [-0.15, -0.1) is 10.2 Å². The number of nitrogens with two attached hydrogens (primary N) is 1. The quantitative estimate of drug-likeness (QED) is 0.824. The Bertz CT molecular complexity index is 530. The fourth-order valence-corrected chi connectivity index (χ4v) is 2.80. The van der Waals surface area contributed by atoms with Gasteiger partial charge in [0.2, 0.25) is 4.96 Å². The van der Waals surface area contributed by atoms with E-state index in [2.05, 4.69) is 15.3 Å². The van der Waals surface area contributed by atoms with Crippen LogP contribution in [0.15, 0.2) is 0 Å². The molecule has 2 aromatic heterocycles. The highest BCUT2D eigenvalue weighted by Gasteiger charge is 2.36. The first-order chi connectivity index (χ1) is 8.23. The van der Waals surface area contributed by atoms with E-state index in [1.54, 1.807) is 11.6 Å². The van der Waals surface area contributed by atoms with Gasteiger partial charge in [-0.1, -0.05) is 11.3 Å². The van der Waals surface area contributed by atoms with Crippen molar-refractivity contribution in [2.45, 2.75) is 18.6 Å². The van der Waals surface area contributed by atoms with Crippen LogP contribution in [0.4, 0.5) is 0 Å². The molecule has 8 heteroatoms. The van der Waals surface area contributed by atoms with Gasteiger partial charge in [0, 0.05) is 13.7 Å². The Balaban J connectivity index is 2.01. The number of aromatic nitrogens is 4. The number of methoxy groups -OCH3 is 1. The molecule has 0 spiro atoms. The third-order valence-corrected chi connectivity index (χ3v) is 3.93. The summed E-state index contributed by atoms with van der Waals surface area (Å²) in [5.74, 6) is 0.688. The third-order valence-electron chi connectivity index (χ3n) is 2.81. The summed E-state index contributed by atoms with van der Waals surface area (Å²) in [6, 6.07) is 0. The first-order valence-electron chi connectivity index (χ1n) is 5.30. The molecule has 2 N–H and O–H groups in total. The smallest absolute Gasteiger partial charge is 0.234 e. The fourth-order valence-electron chi connectivity index (χ4n) is 1.83. The van der Waals surface area contributed by atoms with Crippen LogP contribution >= 0.6 is 11.3 Å². The zero-order valence-electron chi connectivity index (χ0n) is 9.42. The highest BCUT2D eigenvalue weighted by Crippen LogP contribution is 2.30. The minimum absolute atomic E-state index is 0.387. The van der Waals surface area contributed by atoms with Crippen molar-refractivity contribution in [1.29, 1.82) is 0 Å². The molecule has 1 unspecified atom stereocenters. The van der Waals surface area contributed by atoms with Gasteiger partial charge in [0.25, 0.3) is 0 Å². The zero-order chi connectivity index (χ0) is 11.9. The third kappa shape index (κ3) is 1.73. The molecule has 0 amide bonds. The fraction of sp³-hybridized carbons (Fsp3) is 0.667. The van der Waals surface area contributed by atoms with Crippen LogP contribution in [-0.4, -0.2) is 40.1 Å². The molecule has 1 aliphatic heterocycles. The summed E-state index contributed by atoms with van der Waals surface area (Å²) in [7, 11) is 1.61. The van der Waals surface area contributed by atoms with Crippen molar-refractivity contribution in [3.05, 3.63) is 10.8 Å². The molecule has 2 aromatic rings. The van der Waals surface area contributed by atoms with Crippen LogP contribution < -0.4 is 5.73 Å². The maximum Gasteiger partial charge on any atom is 0.234 e. The van der Waals surface area contributed by atoms with E-state index >= 15 is 0 Å². The van der Waals surface area contributed by atoms with Gasteiger partial charge in [-0.2, -0.15) is 9.61 Å². The first-order valence-corrected chi connectivity index (χ1v) is 6.12. The molecule has 0 bridgehead atoms. The van der Waals surface area contributed by atoms with Gasteiger partial charge < -0.3 is 15.2 Å². The second-order valence-corrected chi connectivity index (χ2v) is 5.07. The zero-order valence-corrected chi connectivity index (χ0v) is 10.2. The number of rotatable bonds is 3. The molecule has 92 valence electrons. The molecule has 1 atom stereocenters. The Morgan fingerprint density at radius 3 is 3.18 bits per heavy atom. The van der Waals surface area contributed by atoms with Crippen LogP contribution in [0, 0.1) is 0 Å². The average Bonchev–Trinajstić information content (AvgIpc) is 2.96. The predicted molar refractivity (Wildman–Crippen MR) is 60.7 cm³/mol. The number of nitrogens with zero attached hydrogens (tertiary/aromatic N) is 4. The number of hydrogen-bond acceptors (Lipinski definition) is 7. The van der Waals surface area contributed by atoms with Crippen LogP contribution in [0.2, 0.25) is 0 Å². The van der Waals surface area contributed by atoms with E-state index in [4.69, 9.17) is 15.2 Å².